The molecular formula is C7H11N3O2. The molecule has 2 heterocycles. The van der Waals surface area contributed by atoms with Crippen molar-refractivity contribution in [3.8, 4) is 0 Å². The van der Waals surface area contributed by atoms with E-state index in [0.29, 0.717) is 12.4 Å². The highest BCUT2D eigenvalue weighted by molar-refractivity contribution is 5.14. The average Bonchev–Trinajstić information content (AvgIpc) is 2.59. The lowest BCUT2D eigenvalue weighted by molar-refractivity contribution is 0.178. The van der Waals surface area contributed by atoms with Crippen LogP contribution in [0.15, 0.2) is 4.52 Å². The van der Waals surface area contributed by atoms with Gasteiger partial charge in [-0.1, -0.05) is 5.16 Å². The van der Waals surface area contributed by atoms with Crippen LogP contribution in [0.2, 0.25) is 0 Å². The molecule has 1 atom stereocenters. The predicted molar refractivity (Wildman–Crippen MR) is 41.5 cm³/mol. The van der Waals surface area contributed by atoms with E-state index in [-0.39, 0.29) is 11.4 Å². The van der Waals surface area contributed by atoms with Gasteiger partial charge in [0, 0.05) is 6.61 Å². The van der Waals surface area contributed by atoms with Gasteiger partial charge in [-0.05, 0) is 13.3 Å². The third-order valence-electron chi connectivity index (χ3n) is 2.20. The van der Waals surface area contributed by atoms with Gasteiger partial charge in [-0.15, -0.1) is 0 Å². The first-order valence-corrected chi connectivity index (χ1v) is 3.88. The molecule has 5 nitrogen and oxygen atoms in total. The van der Waals surface area contributed by atoms with Crippen molar-refractivity contribution in [2.75, 3.05) is 18.9 Å². The molecule has 0 bridgehead atoms. The highest BCUT2D eigenvalue weighted by Gasteiger charge is 2.36. The molecule has 1 aromatic rings. The van der Waals surface area contributed by atoms with E-state index in [0.717, 1.165) is 13.0 Å². The summed E-state index contributed by atoms with van der Waals surface area (Å²) in [7, 11) is 0. The Kier molecular flexibility index (Phi) is 1.54. The van der Waals surface area contributed by atoms with Gasteiger partial charge in [0.15, 0.2) is 5.82 Å². The van der Waals surface area contributed by atoms with Crippen molar-refractivity contribution < 1.29 is 9.26 Å². The van der Waals surface area contributed by atoms with Gasteiger partial charge >= 0.3 is 6.01 Å². The molecule has 1 unspecified atom stereocenters. The fraction of sp³-hybridized carbons (Fsp3) is 0.714. The van der Waals surface area contributed by atoms with Gasteiger partial charge in [0.25, 0.3) is 0 Å². The maximum Gasteiger partial charge on any atom is 0.318 e. The summed E-state index contributed by atoms with van der Waals surface area (Å²) >= 11 is 0. The molecule has 2 N–H and O–H groups in total. The fourth-order valence-corrected chi connectivity index (χ4v) is 1.32. The largest absolute Gasteiger partial charge is 0.380 e. The van der Waals surface area contributed by atoms with Crippen molar-refractivity contribution in [2.24, 2.45) is 0 Å². The van der Waals surface area contributed by atoms with Crippen molar-refractivity contribution in [1.82, 2.24) is 10.1 Å². The van der Waals surface area contributed by atoms with Crippen LogP contribution in [0.5, 0.6) is 0 Å². The van der Waals surface area contributed by atoms with Crippen molar-refractivity contribution in [3.63, 3.8) is 0 Å². The summed E-state index contributed by atoms with van der Waals surface area (Å²) in [6.45, 7) is 3.45. The van der Waals surface area contributed by atoms with Crippen LogP contribution >= 0.6 is 0 Å². The Bertz CT molecular complexity index is 278. The molecule has 1 aliphatic rings. The van der Waals surface area contributed by atoms with Crippen LogP contribution in [-0.2, 0) is 10.2 Å². The summed E-state index contributed by atoms with van der Waals surface area (Å²) in [5.41, 5.74) is 5.21. The first-order valence-electron chi connectivity index (χ1n) is 3.88. The molecule has 0 spiro atoms. The molecule has 2 rings (SSSR count). The molecule has 1 saturated heterocycles. The van der Waals surface area contributed by atoms with E-state index in [4.69, 9.17) is 15.0 Å². The molecule has 0 radical (unpaired) electrons. The lowest BCUT2D eigenvalue weighted by atomic mass is 9.89. The zero-order chi connectivity index (χ0) is 8.60. The monoisotopic (exact) mass is 169 g/mol. The number of nitrogens with zero attached hydrogens (tertiary/aromatic N) is 2. The van der Waals surface area contributed by atoms with Crippen LogP contribution in [0.25, 0.3) is 0 Å². The van der Waals surface area contributed by atoms with Crippen molar-refractivity contribution in [3.05, 3.63) is 5.82 Å². The highest BCUT2D eigenvalue weighted by atomic mass is 16.5. The lowest BCUT2D eigenvalue weighted by Crippen LogP contribution is -2.23. The quantitative estimate of drug-likeness (QED) is 0.655. The zero-order valence-electron chi connectivity index (χ0n) is 6.91. The normalized spacial score (nSPS) is 29.4. The molecule has 1 fully saturated rings. The van der Waals surface area contributed by atoms with E-state index >= 15 is 0 Å². The van der Waals surface area contributed by atoms with Crippen molar-refractivity contribution >= 4 is 6.01 Å². The Labute approximate surface area is 69.9 Å². The Morgan fingerprint density at radius 1 is 1.58 bits per heavy atom. The van der Waals surface area contributed by atoms with Gasteiger partial charge in [-0.3, -0.25) is 0 Å². The Balaban J connectivity index is 2.28. The average molecular weight is 169 g/mol. The number of nitrogens with two attached hydrogens (primary N) is 1. The molecule has 1 aromatic heterocycles. The molecule has 1 aliphatic heterocycles. The summed E-state index contributed by atoms with van der Waals surface area (Å²) in [5.74, 6) is 0.650. The SMILES string of the molecule is CC1(c2noc(N)n2)CCOC1. The van der Waals surface area contributed by atoms with Crippen LogP contribution in [0, 0.1) is 0 Å². The van der Waals surface area contributed by atoms with Crippen molar-refractivity contribution in [2.45, 2.75) is 18.8 Å². The maximum absolute atomic E-state index is 5.32. The molecule has 0 saturated carbocycles. The minimum absolute atomic E-state index is 0.110. The van der Waals surface area contributed by atoms with Crippen LogP contribution < -0.4 is 5.73 Å². The number of ether oxygens (including phenoxy) is 1. The highest BCUT2D eigenvalue weighted by Crippen LogP contribution is 2.30. The van der Waals surface area contributed by atoms with Gasteiger partial charge in [0.1, 0.15) is 0 Å². The second kappa shape index (κ2) is 2.45. The van der Waals surface area contributed by atoms with Gasteiger partial charge in [-0.2, -0.15) is 4.98 Å². The Morgan fingerprint density at radius 3 is 2.92 bits per heavy atom. The molecule has 0 aliphatic carbocycles. The zero-order valence-corrected chi connectivity index (χ0v) is 6.91. The van der Waals surface area contributed by atoms with E-state index in [1.165, 1.54) is 0 Å². The lowest BCUT2D eigenvalue weighted by Gasteiger charge is -2.15. The minimum atomic E-state index is -0.110. The van der Waals surface area contributed by atoms with Gasteiger partial charge in [0.05, 0.1) is 12.0 Å². The van der Waals surface area contributed by atoms with Crippen LogP contribution in [-0.4, -0.2) is 23.4 Å². The summed E-state index contributed by atoms with van der Waals surface area (Å²) in [5, 5.41) is 3.78. The molecule has 66 valence electrons. The molecule has 0 aromatic carbocycles. The summed E-state index contributed by atoms with van der Waals surface area (Å²) in [6.07, 6.45) is 0.923. The third-order valence-corrected chi connectivity index (χ3v) is 2.20. The van der Waals surface area contributed by atoms with Crippen molar-refractivity contribution in [1.29, 1.82) is 0 Å². The molecule has 5 heteroatoms. The van der Waals surface area contributed by atoms with E-state index < -0.39 is 0 Å². The standard InChI is InChI=1S/C7H11N3O2/c1-7(2-3-11-4-7)5-9-6(8)12-10-5/h2-4H2,1H3,(H2,8,9,10). The van der Waals surface area contributed by atoms with E-state index in [2.05, 4.69) is 10.1 Å². The summed E-state index contributed by atoms with van der Waals surface area (Å²) in [4.78, 5) is 3.98. The first-order chi connectivity index (χ1) is 5.71. The summed E-state index contributed by atoms with van der Waals surface area (Å²) < 4.78 is 9.96. The van der Waals surface area contributed by atoms with Crippen LogP contribution in [0.4, 0.5) is 6.01 Å². The topological polar surface area (TPSA) is 74.2 Å². The second-order valence-electron chi connectivity index (χ2n) is 3.32. The number of rotatable bonds is 1. The predicted octanol–water partition coefficient (Wildman–Crippen LogP) is 0.330. The van der Waals surface area contributed by atoms with Crippen LogP contribution in [0.1, 0.15) is 19.2 Å². The summed E-state index contributed by atoms with van der Waals surface area (Å²) in [6, 6.07) is 0.123. The van der Waals surface area contributed by atoms with E-state index in [1.54, 1.807) is 0 Å². The van der Waals surface area contributed by atoms with E-state index in [9.17, 15) is 0 Å². The fourth-order valence-electron chi connectivity index (χ4n) is 1.32. The van der Waals surface area contributed by atoms with Gasteiger partial charge < -0.3 is 15.0 Å². The minimum Gasteiger partial charge on any atom is -0.380 e. The Morgan fingerprint density at radius 2 is 2.42 bits per heavy atom. The third kappa shape index (κ3) is 1.06. The maximum atomic E-state index is 5.32. The first kappa shape index (κ1) is 7.54. The van der Waals surface area contributed by atoms with Gasteiger partial charge in [-0.25, -0.2) is 0 Å². The van der Waals surface area contributed by atoms with Gasteiger partial charge in [0.2, 0.25) is 0 Å². The second-order valence-corrected chi connectivity index (χ2v) is 3.32. The molecule has 12 heavy (non-hydrogen) atoms. The number of hydrogen-bond donors (Lipinski definition) is 1. The number of nitrogen functional groups attached to an aromatic ring is 1. The molecule has 0 amide bonds. The smallest absolute Gasteiger partial charge is 0.318 e. The number of anilines is 1. The molecular weight excluding hydrogens is 158 g/mol. The van der Waals surface area contributed by atoms with Crippen LogP contribution in [0.3, 0.4) is 0 Å². The van der Waals surface area contributed by atoms with E-state index in [1.807, 2.05) is 6.92 Å². The number of aromatic nitrogens is 2. The Hall–Kier alpha value is -1.10. The number of hydrogen-bond acceptors (Lipinski definition) is 5.